The molecule has 0 saturated heterocycles. The highest BCUT2D eigenvalue weighted by Crippen LogP contribution is 2.34. The number of benzene rings is 2. The molecule has 0 N–H and O–H groups in total. The Morgan fingerprint density at radius 3 is 2.70 bits per heavy atom. The van der Waals surface area contributed by atoms with E-state index in [9.17, 15) is 14.4 Å². The number of Topliss-reactive ketones (excluding diaryl/α,β-unsaturated/α-hetero) is 1. The van der Waals surface area contributed by atoms with Crippen LogP contribution in [0.3, 0.4) is 0 Å². The van der Waals surface area contributed by atoms with Crippen molar-refractivity contribution in [2.75, 3.05) is 11.9 Å². The number of hydrogen-bond donors (Lipinski definition) is 0. The van der Waals surface area contributed by atoms with Crippen LogP contribution in [0.1, 0.15) is 17.3 Å². The van der Waals surface area contributed by atoms with Gasteiger partial charge in [0.1, 0.15) is 5.75 Å². The van der Waals surface area contributed by atoms with Crippen molar-refractivity contribution in [3.05, 3.63) is 70.6 Å². The van der Waals surface area contributed by atoms with Gasteiger partial charge in [-0.1, -0.05) is 18.2 Å². The van der Waals surface area contributed by atoms with Crippen molar-refractivity contribution in [3.63, 3.8) is 0 Å². The van der Waals surface area contributed by atoms with Crippen LogP contribution in [0.15, 0.2) is 59.5 Å². The maximum absolute atomic E-state index is 12.7. The van der Waals surface area contributed by atoms with Crippen LogP contribution in [0.25, 0.3) is 10.8 Å². The van der Waals surface area contributed by atoms with Gasteiger partial charge in [-0.25, -0.2) is 0 Å². The maximum Gasteiger partial charge on any atom is 0.267 e. The minimum Gasteiger partial charge on any atom is -0.479 e. The first-order valence-electron chi connectivity index (χ1n) is 8.65. The van der Waals surface area contributed by atoms with E-state index in [1.165, 1.54) is 9.47 Å². The van der Waals surface area contributed by atoms with Crippen molar-refractivity contribution in [1.29, 1.82) is 0 Å². The maximum atomic E-state index is 12.7. The smallest absolute Gasteiger partial charge is 0.267 e. The molecule has 27 heavy (non-hydrogen) atoms. The van der Waals surface area contributed by atoms with Crippen LogP contribution in [0.5, 0.6) is 5.75 Å². The van der Waals surface area contributed by atoms with Crippen LogP contribution in [-0.2, 0) is 11.3 Å². The van der Waals surface area contributed by atoms with Gasteiger partial charge in [-0.05, 0) is 42.6 Å². The predicted molar refractivity (Wildman–Crippen MR) is 102 cm³/mol. The molecule has 1 aromatic heterocycles. The molecule has 0 fully saturated rings. The lowest BCUT2D eigenvalue weighted by Crippen LogP contribution is -2.42. The van der Waals surface area contributed by atoms with Gasteiger partial charge >= 0.3 is 0 Å². The molecule has 136 valence electrons. The van der Waals surface area contributed by atoms with E-state index < -0.39 is 6.10 Å². The van der Waals surface area contributed by atoms with E-state index in [2.05, 4.69) is 0 Å². The van der Waals surface area contributed by atoms with Crippen molar-refractivity contribution in [2.24, 2.45) is 0 Å². The van der Waals surface area contributed by atoms with Gasteiger partial charge in [-0.3, -0.25) is 14.4 Å². The predicted octanol–water partition coefficient (Wildman–Crippen LogP) is 2.63. The molecule has 1 amide bonds. The fourth-order valence-corrected chi connectivity index (χ4v) is 3.29. The Morgan fingerprint density at radius 2 is 1.89 bits per heavy atom. The third-order valence-electron chi connectivity index (χ3n) is 4.82. The fourth-order valence-electron chi connectivity index (χ4n) is 3.29. The molecule has 0 radical (unpaired) electrons. The molecular weight excluding hydrogens is 344 g/mol. The third kappa shape index (κ3) is 2.89. The largest absolute Gasteiger partial charge is 0.479 e. The molecule has 1 atom stereocenters. The number of anilines is 1. The standard InChI is InChI=1S/C21H18N2O4/c1-13-20(25)22(2)17-11-15(7-8-19(17)27-13)18(24)12-23-10-9-14-5-3-4-6-16(14)21(23)26/h3-11,13H,12H2,1-2H3. The molecule has 3 aromatic rings. The molecule has 0 saturated carbocycles. The van der Waals surface area contributed by atoms with Crippen LogP contribution >= 0.6 is 0 Å². The number of fused-ring (bicyclic) bond motifs is 2. The van der Waals surface area contributed by atoms with Crippen LogP contribution in [-0.4, -0.2) is 29.4 Å². The number of ketones is 1. The molecule has 1 aliphatic heterocycles. The lowest BCUT2D eigenvalue weighted by molar-refractivity contribution is -0.125. The van der Waals surface area contributed by atoms with E-state index in [4.69, 9.17) is 4.74 Å². The molecule has 1 unspecified atom stereocenters. The summed E-state index contributed by atoms with van der Waals surface area (Å²) in [6.07, 6.45) is 1.07. The van der Waals surface area contributed by atoms with Gasteiger partial charge in [0, 0.05) is 24.2 Å². The Kier molecular flexibility index (Phi) is 4.03. The normalized spacial score (nSPS) is 16.1. The molecule has 2 heterocycles. The number of aromatic nitrogens is 1. The summed E-state index contributed by atoms with van der Waals surface area (Å²) in [5, 5.41) is 1.41. The van der Waals surface area contributed by atoms with Crippen LogP contribution in [0.2, 0.25) is 0 Å². The summed E-state index contributed by atoms with van der Waals surface area (Å²) in [7, 11) is 1.66. The van der Waals surface area contributed by atoms with Gasteiger partial charge in [0.15, 0.2) is 11.9 Å². The van der Waals surface area contributed by atoms with E-state index in [1.54, 1.807) is 50.5 Å². The van der Waals surface area contributed by atoms with Gasteiger partial charge in [0.05, 0.1) is 12.2 Å². The summed E-state index contributed by atoms with van der Waals surface area (Å²) in [5.41, 5.74) is 0.769. The number of hydrogen-bond acceptors (Lipinski definition) is 4. The second kappa shape index (κ2) is 6.39. The van der Waals surface area contributed by atoms with Crippen molar-refractivity contribution in [1.82, 2.24) is 4.57 Å². The monoisotopic (exact) mass is 362 g/mol. The van der Waals surface area contributed by atoms with E-state index >= 15 is 0 Å². The fraction of sp³-hybridized carbons (Fsp3) is 0.190. The SMILES string of the molecule is CC1Oc2ccc(C(=O)Cn3ccc4ccccc4c3=O)cc2N(C)C1=O. The summed E-state index contributed by atoms with van der Waals surface area (Å²) in [6.45, 7) is 1.62. The minimum atomic E-state index is -0.555. The minimum absolute atomic E-state index is 0.0720. The summed E-state index contributed by atoms with van der Waals surface area (Å²) >= 11 is 0. The van der Waals surface area contributed by atoms with E-state index in [-0.39, 0.29) is 23.8 Å². The number of rotatable bonds is 3. The Hall–Kier alpha value is -3.41. The van der Waals surface area contributed by atoms with Crippen molar-refractivity contribution in [3.8, 4) is 5.75 Å². The highest BCUT2D eigenvalue weighted by atomic mass is 16.5. The van der Waals surface area contributed by atoms with Crippen molar-refractivity contribution in [2.45, 2.75) is 19.6 Å². The van der Waals surface area contributed by atoms with Gasteiger partial charge in [0.25, 0.3) is 11.5 Å². The molecule has 6 nitrogen and oxygen atoms in total. The topological polar surface area (TPSA) is 68.6 Å². The van der Waals surface area contributed by atoms with Crippen LogP contribution < -0.4 is 15.2 Å². The summed E-state index contributed by atoms with van der Waals surface area (Å²) in [4.78, 5) is 38.9. The Labute approximate surface area is 155 Å². The number of pyridine rings is 1. The summed E-state index contributed by atoms with van der Waals surface area (Å²) < 4.78 is 6.98. The van der Waals surface area contributed by atoms with Gasteiger partial charge < -0.3 is 14.2 Å². The lowest BCUT2D eigenvalue weighted by Gasteiger charge is -2.30. The average molecular weight is 362 g/mol. The van der Waals surface area contributed by atoms with E-state index in [0.29, 0.717) is 22.4 Å². The number of carbonyl (C=O) groups is 2. The molecule has 0 bridgehead atoms. The first kappa shape index (κ1) is 17.0. The Balaban J connectivity index is 1.66. The van der Waals surface area contributed by atoms with E-state index in [0.717, 1.165) is 5.39 Å². The van der Waals surface area contributed by atoms with Gasteiger partial charge in [0.2, 0.25) is 0 Å². The molecule has 1 aliphatic rings. The second-order valence-electron chi connectivity index (χ2n) is 6.60. The highest BCUT2D eigenvalue weighted by Gasteiger charge is 2.29. The lowest BCUT2D eigenvalue weighted by atomic mass is 10.1. The first-order valence-corrected chi connectivity index (χ1v) is 8.65. The molecule has 0 aliphatic carbocycles. The zero-order valence-electron chi connectivity index (χ0n) is 15.0. The second-order valence-corrected chi connectivity index (χ2v) is 6.60. The average Bonchev–Trinajstić information content (AvgIpc) is 2.68. The quantitative estimate of drug-likeness (QED) is 0.672. The first-order chi connectivity index (χ1) is 13.0. The third-order valence-corrected chi connectivity index (χ3v) is 4.82. The summed E-state index contributed by atoms with van der Waals surface area (Å²) in [5.74, 6) is 0.177. The molecule has 4 rings (SSSR count). The van der Waals surface area contributed by atoms with Crippen LogP contribution in [0, 0.1) is 0 Å². The summed E-state index contributed by atoms with van der Waals surface area (Å²) in [6, 6.07) is 14.1. The zero-order valence-corrected chi connectivity index (χ0v) is 15.0. The Bertz CT molecular complexity index is 1130. The number of likely N-dealkylation sites (N-methyl/N-ethyl adjacent to an activating group) is 1. The van der Waals surface area contributed by atoms with Crippen molar-refractivity contribution < 1.29 is 14.3 Å². The molecule has 2 aromatic carbocycles. The van der Waals surface area contributed by atoms with Crippen molar-refractivity contribution >= 4 is 28.2 Å². The molecule has 6 heteroatoms. The number of carbonyl (C=O) groups excluding carboxylic acids is 2. The van der Waals surface area contributed by atoms with Gasteiger partial charge in [-0.2, -0.15) is 0 Å². The van der Waals surface area contributed by atoms with Crippen LogP contribution in [0.4, 0.5) is 5.69 Å². The molecular formula is C21H18N2O4. The number of nitrogens with zero attached hydrogens (tertiary/aromatic N) is 2. The number of amides is 1. The highest BCUT2D eigenvalue weighted by molar-refractivity contribution is 6.02. The molecule has 0 spiro atoms. The van der Waals surface area contributed by atoms with E-state index in [1.807, 2.05) is 18.2 Å². The number of ether oxygens (including phenoxy) is 1. The Morgan fingerprint density at radius 1 is 1.11 bits per heavy atom. The van der Waals surface area contributed by atoms with Gasteiger partial charge in [-0.15, -0.1) is 0 Å². The zero-order chi connectivity index (χ0) is 19.1.